The van der Waals surface area contributed by atoms with Crippen molar-refractivity contribution in [1.82, 2.24) is 15.6 Å². The molecule has 0 amide bonds. The first-order valence-corrected chi connectivity index (χ1v) is 9.75. The molecule has 25 heavy (non-hydrogen) atoms. The normalized spacial score (nSPS) is 14.4. The van der Waals surface area contributed by atoms with Crippen LogP contribution >= 0.6 is 11.3 Å². The summed E-state index contributed by atoms with van der Waals surface area (Å²) in [6.45, 7) is 4.31. The fourth-order valence-corrected chi connectivity index (χ4v) is 3.19. The van der Waals surface area contributed by atoms with Crippen LogP contribution in [0.4, 0.5) is 0 Å². The summed E-state index contributed by atoms with van der Waals surface area (Å²) in [6, 6.07) is 8.19. The van der Waals surface area contributed by atoms with E-state index in [1.807, 2.05) is 18.2 Å². The summed E-state index contributed by atoms with van der Waals surface area (Å²) in [5.74, 6) is 2.48. The summed E-state index contributed by atoms with van der Waals surface area (Å²) >= 11 is 1.71. The number of aromatic nitrogens is 1. The first kappa shape index (κ1) is 17.7. The molecule has 0 unspecified atom stereocenters. The van der Waals surface area contributed by atoms with Crippen molar-refractivity contribution in [1.29, 1.82) is 0 Å². The van der Waals surface area contributed by atoms with Crippen LogP contribution in [-0.4, -0.2) is 24.6 Å². The summed E-state index contributed by atoms with van der Waals surface area (Å²) < 4.78 is 5.96. The first-order chi connectivity index (χ1) is 12.3. The van der Waals surface area contributed by atoms with Gasteiger partial charge in [0.2, 0.25) is 0 Å². The third kappa shape index (κ3) is 5.46. The van der Waals surface area contributed by atoms with E-state index in [4.69, 9.17) is 4.74 Å². The molecule has 0 spiro atoms. The molecule has 1 aromatic heterocycles. The molecule has 1 aliphatic rings. The lowest BCUT2D eigenvalue weighted by Crippen LogP contribution is -2.36. The molecule has 134 valence electrons. The van der Waals surface area contributed by atoms with Gasteiger partial charge in [0.15, 0.2) is 5.96 Å². The lowest BCUT2D eigenvalue weighted by molar-refractivity contribution is 0.296. The molecule has 0 bridgehead atoms. The zero-order valence-corrected chi connectivity index (χ0v) is 15.7. The van der Waals surface area contributed by atoms with E-state index >= 15 is 0 Å². The highest BCUT2D eigenvalue weighted by Gasteiger charge is 2.22. The Bertz CT molecular complexity index is 709. The predicted molar refractivity (Wildman–Crippen MR) is 103 cm³/mol. The van der Waals surface area contributed by atoms with Crippen LogP contribution in [0, 0.1) is 5.92 Å². The second-order valence-electron chi connectivity index (χ2n) is 6.23. The van der Waals surface area contributed by atoms with E-state index in [0.717, 1.165) is 41.9 Å². The maximum absolute atomic E-state index is 5.96. The molecule has 0 radical (unpaired) electrons. The lowest BCUT2D eigenvalue weighted by atomic mass is 10.2. The highest BCUT2D eigenvalue weighted by molar-refractivity contribution is 7.09. The summed E-state index contributed by atoms with van der Waals surface area (Å²) in [4.78, 5) is 8.86. The molecular weight excluding hydrogens is 332 g/mol. The molecule has 6 heteroatoms. The number of aryl methyl sites for hydroxylation is 1. The van der Waals surface area contributed by atoms with Crippen molar-refractivity contribution < 1.29 is 4.74 Å². The summed E-state index contributed by atoms with van der Waals surface area (Å²) in [6.07, 6.45) is 3.58. The zero-order chi connectivity index (χ0) is 17.5. The minimum Gasteiger partial charge on any atom is -0.493 e. The van der Waals surface area contributed by atoms with Gasteiger partial charge >= 0.3 is 0 Å². The van der Waals surface area contributed by atoms with E-state index in [9.17, 15) is 0 Å². The largest absolute Gasteiger partial charge is 0.493 e. The average molecular weight is 359 g/mol. The fourth-order valence-electron chi connectivity index (χ4n) is 2.45. The van der Waals surface area contributed by atoms with Gasteiger partial charge in [-0.3, -0.25) is 4.99 Å². The third-order valence-electron chi connectivity index (χ3n) is 4.15. The van der Waals surface area contributed by atoms with Gasteiger partial charge in [-0.05, 0) is 31.2 Å². The Morgan fingerprint density at radius 2 is 2.08 bits per heavy atom. The fraction of sp³-hybridized carbons (Fsp3) is 0.474. The first-order valence-electron chi connectivity index (χ1n) is 8.87. The SMILES string of the molecule is CCc1nc(CNC(=NC)NCc2ccccc2OCC2CC2)cs1. The Hall–Kier alpha value is -2.08. The van der Waals surface area contributed by atoms with Gasteiger partial charge in [0.25, 0.3) is 0 Å². The van der Waals surface area contributed by atoms with E-state index in [0.29, 0.717) is 13.1 Å². The third-order valence-corrected chi connectivity index (χ3v) is 5.19. The number of para-hydroxylation sites is 1. The van der Waals surface area contributed by atoms with E-state index in [1.54, 1.807) is 18.4 Å². The Morgan fingerprint density at radius 3 is 2.80 bits per heavy atom. The second kappa shape index (κ2) is 8.85. The second-order valence-corrected chi connectivity index (χ2v) is 7.17. The molecule has 1 aromatic carbocycles. The quantitative estimate of drug-likeness (QED) is 0.561. The van der Waals surface area contributed by atoms with E-state index in [-0.39, 0.29) is 0 Å². The number of guanidine groups is 1. The van der Waals surface area contributed by atoms with Crippen molar-refractivity contribution in [2.75, 3.05) is 13.7 Å². The molecule has 2 N–H and O–H groups in total. The number of rotatable bonds is 8. The number of hydrogen-bond acceptors (Lipinski definition) is 4. The molecule has 0 atom stereocenters. The van der Waals surface area contributed by atoms with Crippen molar-refractivity contribution in [3.8, 4) is 5.75 Å². The maximum Gasteiger partial charge on any atom is 0.191 e. The minimum atomic E-state index is 0.677. The van der Waals surface area contributed by atoms with Gasteiger partial charge in [-0.2, -0.15) is 0 Å². The Morgan fingerprint density at radius 1 is 1.28 bits per heavy atom. The molecule has 3 rings (SSSR count). The predicted octanol–water partition coefficient (Wildman–Crippen LogP) is 3.36. The molecule has 1 fully saturated rings. The monoisotopic (exact) mass is 358 g/mol. The molecule has 0 aliphatic heterocycles. The van der Waals surface area contributed by atoms with Crippen molar-refractivity contribution in [3.63, 3.8) is 0 Å². The molecule has 1 aliphatic carbocycles. The van der Waals surface area contributed by atoms with Crippen LogP contribution in [-0.2, 0) is 19.5 Å². The van der Waals surface area contributed by atoms with Crippen LogP contribution < -0.4 is 15.4 Å². The van der Waals surface area contributed by atoms with Crippen molar-refractivity contribution >= 4 is 17.3 Å². The molecule has 2 aromatic rings. The minimum absolute atomic E-state index is 0.677. The van der Waals surface area contributed by atoms with Gasteiger partial charge in [0.1, 0.15) is 5.75 Å². The number of hydrogen-bond donors (Lipinski definition) is 2. The van der Waals surface area contributed by atoms with E-state index in [2.05, 4.69) is 39.0 Å². The van der Waals surface area contributed by atoms with E-state index in [1.165, 1.54) is 17.8 Å². The summed E-state index contributed by atoms with van der Waals surface area (Å²) in [7, 11) is 1.78. The Balaban J connectivity index is 1.50. The Labute approximate surface area is 153 Å². The molecule has 1 saturated carbocycles. The van der Waals surface area contributed by atoms with Gasteiger partial charge < -0.3 is 15.4 Å². The lowest BCUT2D eigenvalue weighted by Gasteiger charge is -2.14. The number of nitrogens with zero attached hydrogens (tertiary/aromatic N) is 2. The topological polar surface area (TPSA) is 58.5 Å². The molecule has 0 saturated heterocycles. The highest BCUT2D eigenvalue weighted by atomic mass is 32.1. The zero-order valence-electron chi connectivity index (χ0n) is 14.9. The van der Waals surface area contributed by atoms with Crippen LogP contribution in [0.1, 0.15) is 36.0 Å². The van der Waals surface area contributed by atoms with E-state index < -0.39 is 0 Å². The molecular formula is C19H26N4OS. The van der Waals surface area contributed by atoms with Gasteiger partial charge in [-0.25, -0.2) is 4.98 Å². The van der Waals surface area contributed by atoms with Crippen LogP contribution in [0.25, 0.3) is 0 Å². The highest BCUT2D eigenvalue weighted by Crippen LogP contribution is 2.30. The van der Waals surface area contributed by atoms with Gasteiger partial charge in [0.05, 0.1) is 23.9 Å². The van der Waals surface area contributed by atoms with Crippen LogP contribution in [0.15, 0.2) is 34.6 Å². The summed E-state index contributed by atoms with van der Waals surface area (Å²) in [5, 5.41) is 9.94. The maximum atomic E-state index is 5.96. The van der Waals surface area contributed by atoms with Crippen molar-refractivity contribution in [2.24, 2.45) is 10.9 Å². The van der Waals surface area contributed by atoms with Crippen LogP contribution in [0.2, 0.25) is 0 Å². The number of aliphatic imine (C=N–C) groups is 1. The number of thiazole rings is 1. The smallest absolute Gasteiger partial charge is 0.191 e. The van der Waals surface area contributed by atoms with Crippen LogP contribution in [0.3, 0.4) is 0 Å². The van der Waals surface area contributed by atoms with Gasteiger partial charge in [-0.1, -0.05) is 25.1 Å². The number of ether oxygens (including phenoxy) is 1. The number of nitrogens with one attached hydrogen (secondary N) is 2. The average Bonchev–Trinajstić information content (AvgIpc) is 3.37. The molecule has 5 nitrogen and oxygen atoms in total. The van der Waals surface area contributed by atoms with Gasteiger partial charge in [0, 0.05) is 24.5 Å². The van der Waals surface area contributed by atoms with Crippen molar-refractivity contribution in [3.05, 3.63) is 45.9 Å². The standard InChI is InChI=1S/C19H26N4OS/c1-3-18-23-16(13-25-18)11-22-19(20-2)21-10-15-6-4-5-7-17(15)24-12-14-8-9-14/h4-7,13-14H,3,8-12H2,1-2H3,(H2,20,21,22). The van der Waals surface area contributed by atoms with Crippen LogP contribution in [0.5, 0.6) is 5.75 Å². The van der Waals surface area contributed by atoms with Gasteiger partial charge in [-0.15, -0.1) is 11.3 Å². The Kier molecular flexibility index (Phi) is 6.28. The summed E-state index contributed by atoms with van der Waals surface area (Å²) in [5.41, 5.74) is 2.20. The van der Waals surface area contributed by atoms with Crippen molar-refractivity contribution in [2.45, 2.75) is 39.3 Å². The number of benzene rings is 1. The molecule has 1 heterocycles.